The van der Waals surface area contributed by atoms with Crippen LogP contribution < -0.4 is 10.0 Å². The van der Waals surface area contributed by atoms with Crippen LogP contribution in [0.4, 0.5) is 4.39 Å². The topological polar surface area (TPSA) is 75.3 Å². The minimum Gasteiger partial charge on any atom is -0.352 e. The van der Waals surface area contributed by atoms with Crippen molar-refractivity contribution in [2.45, 2.75) is 25.2 Å². The molecule has 0 saturated carbocycles. The van der Waals surface area contributed by atoms with Gasteiger partial charge in [-0.3, -0.25) is 4.79 Å². The van der Waals surface area contributed by atoms with Gasteiger partial charge < -0.3 is 5.32 Å². The van der Waals surface area contributed by atoms with Gasteiger partial charge in [0.05, 0.1) is 4.90 Å². The largest absolute Gasteiger partial charge is 0.352 e. The van der Waals surface area contributed by atoms with E-state index >= 15 is 0 Å². The van der Waals surface area contributed by atoms with E-state index in [-0.39, 0.29) is 22.2 Å². The summed E-state index contributed by atoms with van der Waals surface area (Å²) in [5.74, 6) is -0.654. The van der Waals surface area contributed by atoms with Crippen LogP contribution in [-0.4, -0.2) is 27.9 Å². The van der Waals surface area contributed by atoms with E-state index in [0.717, 1.165) is 11.1 Å². The molecule has 0 heterocycles. The summed E-state index contributed by atoms with van der Waals surface area (Å²) in [6, 6.07) is 9.10. The van der Waals surface area contributed by atoms with Crippen molar-refractivity contribution in [2.75, 3.05) is 13.6 Å². The number of carbonyl (C=O) groups excluding carboxylic acids is 1. The van der Waals surface area contributed by atoms with Crippen molar-refractivity contribution in [2.24, 2.45) is 0 Å². The maximum absolute atomic E-state index is 12.9. The highest BCUT2D eigenvalue weighted by Crippen LogP contribution is 2.21. The Labute approximate surface area is 147 Å². The van der Waals surface area contributed by atoms with Crippen molar-refractivity contribution in [3.05, 3.63) is 64.5 Å². The molecular formula is C18H21FN2O3S. The molecule has 5 nitrogen and oxygen atoms in total. The minimum absolute atomic E-state index is 0.0960. The summed E-state index contributed by atoms with van der Waals surface area (Å²) in [7, 11) is -2.31. The van der Waals surface area contributed by atoms with Crippen molar-refractivity contribution >= 4 is 15.9 Å². The van der Waals surface area contributed by atoms with Gasteiger partial charge in [-0.2, -0.15) is 0 Å². The number of aryl methyl sites for hydroxylation is 1. The normalized spacial score (nSPS) is 11.4. The molecule has 7 heteroatoms. The SMILES string of the molecule is CNS(=O)(=O)c1cc(C(=O)NCCc2ccc(F)cc2)cc(C)c1C. The zero-order chi connectivity index (χ0) is 18.6. The zero-order valence-corrected chi connectivity index (χ0v) is 15.2. The van der Waals surface area contributed by atoms with Crippen LogP contribution in [0.3, 0.4) is 0 Å². The molecule has 0 saturated heterocycles. The van der Waals surface area contributed by atoms with Crippen LogP contribution in [0, 0.1) is 19.7 Å². The highest BCUT2D eigenvalue weighted by molar-refractivity contribution is 7.89. The predicted octanol–water partition coefficient (Wildman–Crippen LogP) is 2.32. The maximum Gasteiger partial charge on any atom is 0.251 e. The van der Waals surface area contributed by atoms with Crippen molar-refractivity contribution < 1.29 is 17.6 Å². The predicted molar refractivity (Wildman–Crippen MR) is 94.6 cm³/mol. The third kappa shape index (κ3) is 4.64. The lowest BCUT2D eigenvalue weighted by Gasteiger charge is -2.12. The lowest BCUT2D eigenvalue weighted by atomic mass is 10.1. The molecule has 0 fully saturated rings. The summed E-state index contributed by atoms with van der Waals surface area (Å²) in [6.45, 7) is 3.83. The fraction of sp³-hybridized carbons (Fsp3) is 0.278. The number of sulfonamides is 1. The highest BCUT2D eigenvalue weighted by Gasteiger charge is 2.19. The quantitative estimate of drug-likeness (QED) is 0.826. The Morgan fingerprint density at radius 2 is 1.76 bits per heavy atom. The van der Waals surface area contributed by atoms with Crippen molar-refractivity contribution in [3.8, 4) is 0 Å². The van der Waals surface area contributed by atoms with E-state index < -0.39 is 10.0 Å². The second-order valence-electron chi connectivity index (χ2n) is 5.76. The average molecular weight is 364 g/mol. The van der Waals surface area contributed by atoms with Gasteiger partial charge in [-0.25, -0.2) is 17.5 Å². The molecule has 0 aromatic heterocycles. The van der Waals surface area contributed by atoms with Crippen molar-refractivity contribution in [1.29, 1.82) is 0 Å². The van der Waals surface area contributed by atoms with E-state index in [0.29, 0.717) is 18.5 Å². The number of amides is 1. The van der Waals surface area contributed by atoms with Gasteiger partial charge >= 0.3 is 0 Å². The van der Waals surface area contributed by atoms with Gasteiger partial charge in [0.15, 0.2) is 0 Å². The molecule has 25 heavy (non-hydrogen) atoms. The Balaban J connectivity index is 2.12. The third-order valence-corrected chi connectivity index (χ3v) is 5.59. The van der Waals surface area contributed by atoms with E-state index in [2.05, 4.69) is 10.0 Å². The summed E-state index contributed by atoms with van der Waals surface area (Å²) in [5.41, 5.74) is 2.52. The molecule has 0 aliphatic rings. The fourth-order valence-corrected chi connectivity index (χ4v) is 3.49. The lowest BCUT2D eigenvalue weighted by molar-refractivity contribution is 0.0954. The fourth-order valence-electron chi connectivity index (χ4n) is 2.42. The number of hydrogen-bond acceptors (Lipinski definition) is 3. The van der Waals surface area contributed by atoms with Crippen LogP contribution in [0.2, 0.25) is 0 Å². The molecule has 0 unspecified atom stereocenters. The summed E-state index contributed by atoms with van der Waals surface area (Å²) in [4.78, 5) is 12.4. The standard InChI is InChI=1S/C18H21FN2O3S/c1-12-10-15(11-17(13(12)2)25(23,24)20-3)18(22)21-9-8-14-4-6-16(19)7-5-14/h4-7,10-11,20H,8-9H2,1-3H3,(H,21,22). The average Bonchev–Trinajstić information content (AvgIpc) is 2.58. The van der Waals surface area contributed by atoms with E-state index in [1.54, 1.807) is 32.0 Å². The molecule has 0 aliphatic heterocycles. The molecule has 134 valence electrons. The van der Waals surface area contributed by atoms with Gasteiger partial charge in [-0.15, -0.1) is 0 Å². The number of hydrogen-bond donors (Lipinski definition) is 2. The molecule has 2 N–H and O–H groups in total. The van der Waals surface area contributed by atoms with Crippen molar-refractivity contribution in [1.82, 2.24) is 10.0 Å². The van der Waals surface area contributed by atoms with Gasteiger partial charge in [0.25, 0.3) is 5.91 Å². The molecular weight excluding hydrogens is 343 g/mol. The Morgan fingerprint density at radius 3 is 2.36 bits per heavy atom. The van der Waals surface area contributed by atoms with E-state index in [9.17, 15) is 17.6 Å². The van der Waals surface area contributed by atoms with Gasteiger partial charge in [0, 0.05) is 12.1 Å². The van der Waals surface area contributed by atoms with Crippen LogP contribution in [0.25, 0.3) is 0 Å². The monoisotopic (exact) mass is 364 g/mol. The van der Waals surface area contributed by atoms with Crippen LogP contribution in [0.1, 0.15) is 27.0 Å². The molecule has 2 aromatic carbocycles. The number of benzene rings is 2. The minimum atomic E-state index is -3.64. The van der Waals surface area contributed by atoms with E-state index in [1.165, 1.54) is 25.2 Å². The first-order chi connectivity index (χ1) is 11.7. The Hall–Kier alpha value is -2.25. The summed E-state index contributed by atoms with van der Waals surface area (Å²) in [6.07, 6.45) is 0.554. The molecule has 2 rings (SSSR count). The second kappa shape index (κ2) is 7.76. The Kier molecular flexibility index (Phi) is 5.92. The summed E-state index contributed by atoms with van der Waals surface area (Å²) >= 11 is 0. The lowest BCUT2D eigenvalue weighted by Crippen LogP contribution is -2.27. The van der Waals surface area contributed by atoms with Crippen LogP contribution >= 0.6 is 0 Å². The van der Waals surface area contributed by atoms with E-state index in [1.807, 2.05) is 0 Å². The van der Waals surface area contributed by atoms with Crippen LogP contribution in [0.5, 0.6) is 0 Å². The van der Waals surface area contributed by atoms with E-state index in [4.69, 9.17) is 0 Å². The molecule has 0 atom stereocenters. The summed E-state index contributed by atoms with van der Waals surface area (Å²) in [5, 5.41) is 2.76. The van der Waals surface area contributed by atoms with Gasteiger partial charge in [0.2, 0.25) is 10.0 Å². The Morgan fingerprint density at radius 1 is 1.12 bits per heavy atom. The second-order valence-corrected chi connectivity index (χ2v) is 7.61. The molecule has 1 amide bonds. The van der Waals surface area contributed by atoms with Gasteiger partial charge in [-0.05, 0) is 68.3 Å². The first-order valence-corrected chi connectivity index (χ1v) is 9.30. The van der Waals surface area contributed by atoms with Gasteiger partial charge in [0.1, 0.15) is 5.82 Å². The highest BCUT2D eigenvalue weighted by atomic mass is 32.2. The first kappa shape index (κ1) is 19.1. The van der Waals surface area contributed by atoms with Gasteiger partial charge in [-0.1, -0.05) is 12.1 Å². The molecule has 2 aromatic rings. The number of rotatable bonds is 6. The molecule has 0 radical (unpaired) electrons. The maximum atomic E-state index is 12.9. The zero-order valence-electron chi connectivity index (χ0n) is 14.4. The number of nitrogens with one attached hydrogen (secondary N) is 2. The first-order valence-electron chi connectivity index (χ1n) is 7.82. The van der Waals surface area contributed by atoms with Crippen LogP contribution in [-0.2, 0) is 16.4 Å². The third-order valence-electron chi connectivity index (χ3n) is 4.05. The molecule has 0 spiro atoms. The smallest absolute Gasteiger partial charge is 0.251 e. The molecule has 0 aliphatic carbocycles. The Bertz CT molecular complexity index is 878. The number of halogens is 1. The van der Waals surface area contributed by atoms with Crippen LogP contribution in [0.15, 0.2) is 41.3 Å². The van der Waals surface area contributed by atoms with Crippen molar-refractivity contribution in [3.63, 3.8) is 0 Å². The molecule has 0 bridgehead atoms. The summed E-state index contributed by atoms with van der Waals surface area (Å²) < 4.78 is 39.3. The number of carbonyl (C=O) groups is 1.